The number of hydrogen-bond acceptors (Lipinski definition) is 5. The van der Waals surface area contributed by atoms with Crippen LogP contribution in [0.2, 0.25) is 5.02 Å². The Bertz CT molecular complexity index is 871. The monoisotopic (exact) mass is 377 g/mol. The fourth-order valence-electron chi connectivity index (χ4n) is 4.20. The Morgan fingerprint density at radius 1 is 1.15 bits per heavy atom. The number of amides is 1. The number of benzene rings is 1. The van der Waals surface area contributed by atoms with Crippen molar-refractivity contribution < 1.29 is 9.90 Å². The minimum absolute atomic E-state index is 0.0207. The van der Waals surface area contributed by atoms with Crippen molar-refractivity contribution in [3.05, 3.63) is 33.7 Å². The third kappa shape index (κ3) is 2.78. The molecule has 2 atom stereocenters. The van der Waals surface area contributed by atoms with E-state index in [0.717, 1.165) is 41.5 Å². The van der Waals surface area contributed by atoms with Crippen molar-refractivity contribution in [1.29, 1.82) is 0 Å². The number of tetrazole rings is 1. The molecule has 4 rings (SSSR count). The number of likely N-dealkylation sites (tertiary alicyclic amines) is 1. The third-order valence-corrected chi connectivity index (χ3v) is 5.73. The number of aromatic nitrogens is 4. The number of rotatable bonds is 1. The van der Waals surface area contributed by atoms with Crippen LogP contribution in [0, 0.1) is 5.92 Å². The van der Waals surface area contributed by atoms with E-state index in [1.54, 1.807) is 11.0 Å². The lowest BCUT2D eigenvalue weighted by Crippen LogP contribution is -2.52. The second kappa shape index (κ2) is 6.75. The van der Waals surface area contributed by atoms with Crippen LogP contribution in [0.25, 0.3) is 5.69 Å². The van der Waals surface area contributed by atoms with Crippen LogP contribution in [0.4, 0.5) is 4.79 Å². The Balaban J connectivity index is 1.68. The van der Waals surface area contributed by atoms with Gasteiger partial charge in [0.15, 0.2) is 0 Å². The van der Waals surface area contributed by atoms with Crippen LogP contribution in [0.1, 0.15) is 38.5 Å². The van der Waals surface area contributed by atoms with Gasteiger partial charge in [-0.15, -0.1) is 4.68 Å². The molecule has 2 aromatic rings. The number of aromatic hydroxyl groups is 1. The summed E-state index contributed by atoms with van der Waals surface area (Å²) in [5, 5.41) is 17.6. The van der Waals surface area contributed by atoms with Crippen LogP contribution < -0.4 is 5.69 Å². The largest absolute Gasteiger partial charge is 0.506 e. The first-order chi connectivity index (χ1) is 12.6. The normalized spacial score (nSPS) is 22.9. The Kier molecular flexibility index (Phi) is 4.44. The Morgan fingerprint density at radius 3 is 2.73 bits per heavy atom. The zero-order chi connectivity index (χ0) is 18.3. The molecule has 2 fully saturated rings. The van der Waals surface area contributed by atoms with Gasteiger partial charge in [0, 0.05) is 12.6 Å². The number of fused-ring (bicyclic) bond motifs is 1. The number of carbonyl (C=O) groups excluding carboxylic acids is 1. The molecule has 2 unspecified atom stereocenters. The van der Waals surface area contributed by atoms with Crippen LogP contribution in [0.3, 0.4) is 0 Å². The average Bonchev–Trinajstić information content (AvgIpc) is 3.02. The molecule has 9 heteroatoms. The number of phenols is 1. The van der Waals surface area contributed by atoms with E-state index >= 15 is 0 Å². The summed E-state index contributed by atoms with van der Waals surface area (Å²) in [4.78, 5) is 27.4. The SMILES string of the molecule is O=C(N1CCCC2CCCCC21)n1nnn(-c2c(O)cccc2Cl)c1=O. The standard InChI is InChI=1S/C17H20ClN5O3/c18-12-7-3-9-14(24)15(12)22-17(26)23(20-19-22)16(25)21-10-4-6-11-5-1-2-8-13(11)21/h3,7,9,11,13,24H,1-2,4-6,8,10H2. The summed E-state index contributed by atoms with van der Waals surface area (Å²) < 4.78 is 1.62. The van der Waals surface area contributed by atoms with Crippen LogP contribution in [0.5, 0.6) is 5.75 Å². The molecule has 26 heavy (non-hydrogen) atoms. The number of nitrogens with zero attached hydrogens (tertiary/aromatic N) is 5. The van der Waals surface area contributed by atoms with E-state index in [-0.39, 0.29) is 22.5 Å². The van der Waals surface area contributed by atoms with Gasteiger partial charge in [-0.3, -0.25) is 0 Å². The van der Waals surface area contributed by atoms with Gasteiger partial charge in [-0.1, -0.05) is 30.5 Å². The van der Waals surface area contributed by atoms with Crippen molar-refractivity contribution >= 4 is 17.6 Å². The lowest BCUT2D eigenvalue weighted by atomic mass is 9.78. The molecule has 1 saturated heterocycles. The van der Waals surface area contributed by atoms with Gasteiger partial charge in [-0.05, 0) is 54.2 Å². The fourth-order valence-corrected chi connectivity index (χ4v) is 4.45. The summed E-state index contributed by atoms with van der Waals surface area (Å²) in [5.41, 5.74) is -0.719. The van der Waals surface area contributed by atoms with Gasteiger partial charge < -0.3 is 10.0 Å². The fraction of sp³-hybridized carbons (Fsp3) is 0.529. The highest BCUT2D eigenvalue weighted by Crippen LogP contribution is 2.35. The Labute approximate surface area is 155 Å². The number of hydrogen-bond donors (Lipinski definition) is 1. The van der Waals surface area contributed by atoms with Crippen molar-refractivity contribution in [1.82, 2.24) is 24.7 Å². The summed E-state index contributed by atoms with van der Waals surface area (Å²) in [5.74, 6) is 0.296. The van der Waals surface area contributed by atoms with Gasteiger partial charge >= 0.3 is 11.7 Å². The first kappa shape index (κ1) is 17.1. The van der Waals surface area contributed by atoms with E-state index in [4.69, 9.17) is 11.6 Å². The van der Waals surface area contributed by atoms with Gasteiger partial charge in [-0.2, -0.15) is 4.68 Å². The van der Waals surface area contributed by atoms with Crippen LogP contribution in [-0.4, -0.2) is 48.4 Å². The minimum atomic E-state index is -0.740. The maximum atomic E-state index is 13.0. The van der Waals surface area contributed by atoms with Crippen molar-refractivity contribution in [2.75, 3.05) is 6.54 Å². The number of phenolic OH excluding ortho intramolecular Hbond substituents is 1. The second-order valence-electron chi connectivity index (χ2n) is 6.92. The highest BCUT2D eigenvalue weighted by Gasteiger charge is 2.37. The van der Waals surface area contributed by atoms with Gasteiger partial charge in [0.05, 0.1) is 5.02 Å². The molecule has 1 aliphatic carbocycles. The molecule has 1 saturated carbocycles. The summed E-state index contributed by atoms with van der Waals surface area (Å²) in [6.07, 6.45) is 6.45. The molecule has 8 nitrogen and oxygen atoms in total. The van der Waals surface area contributed by atoms with E-state index < -0.39 is 11.7 Å². The van der Waals surface area contributed by atoms with E-state index in [9.17, 15) is 14.7 Å². The molecule has 1 amide bonds. The first-order valence-corrected chi connectivity index (χ1v) is 9.29. The summed E-state index contributed by atoms with van der Waals surface area (Å²) in [6.45, 7) is 0.622. The molecule has 1 aromatic heterocycles. The average molecular weight is 378 g/mol. The smallest absolute Gasteiger partial charge is 0.377 e. The van der Waals surface area contributed by atoms with E-state index in [0.29, 0.717) is 12.5 Å². The maximum Gasteiger partial charge on any atom is 0.377 e. The van der Waals surface area contributed by atoms with Crippen LogP contribution in [0.15, 0.2) is 23.0 Å². The zero-order valence-electron chi connectivity index (χ0n) is 14.2. The summed E-state index contributed by atoms with van der Waals surface area (Å²) in [6, 6.07) is 4.19. The molecular formula is C17H20ClN5O3. The number of piperidine rings is 1. The highest BCUT2D eigenvalue weighted by molar-refractivity contribution is 6.32. The van der Waals surface area contributed by atoms with E-state index in [2.05, 4.69) is 10.4 Å². The zero-order valence-corrected chi connectivity index (χ0v) is 15.0. The molecule has 0 bridgehead atoms. The second-order valence-corrected chi connectivity index (χ2v) is 7.33. The maximum absolute atomic E-state index is 13.0. The number of halogens is 1. The molecule has 1 aliphatic heterocycles. The highest BCUT2D eigenvalue weighted by atomic mass is 35.5. The topological polar surface area (TPSA) is 93.2 Å². The molecule has 138 valence electrons. The Morgan fingerprint density at radius 2 is 1.92 bits per heavy atom. The van der Waals surface area contributed by atoms with Crippen LogP contribution in [-0.2, 0) is 0 Å². The van der Waals surface area contributed by atoms with E-state index in [1.807, 2.05) is 0 Å². The molecule has 2 aliphatic rings. The molecule has 1 N–H and O–H groups in total. The molecule has 1 aromatic carbocycles. The van der Waals surface area contributed by atoms with Gasteiger partial charge in [0.25, 0.3) is 0 Å². The van der Waals surface area contributed by atoms with E-state index in [1.165, 1.54) is 18.6 Å². The molecular weight excluding hydrogens is 358 g/mol. The van der Waals surface area contributed by atoms with Crippen molar-refractivity contribution in [2.45, 2.75) is 44.6 Å². The Hall–Kier alpha value is -2.35. The number of carbonyl (C=O) groups is 1. The summed E-state index contributed by atoms with van der Waals surface area (Å²) >= 11 is 6.07. The molecule has 0 spiro atoms. The summed E-state index contributed by atoms with van der Waals surface area (Å²) in [7, 11) is 0. The van der Waals surface area contributed by atoms with Crippen molar-refractivity contribution in [3.8, 4) is 11.4 Å². The lowest BCUT2D eigenvalue weighted by molar-refractivity contribution is 0.0828. The predicted octanol–water partition coefficient (Wildman–Crippen LogP) is 2.41. The van der Waals surface area contributed by atoms with Crippen LogP contribution >= 0.6 is 11.6 Å². The minimum Gasteiger partial charge on any atom is -0.506 e. The molecule has 0 radical (unpaired) electrons. The first-order valence-electron chi connectivity index (χ1n) is 8.92. The van der Waals surface area contributed by atoms with Crippen molar-refractivity contribution in [3.63, 3.8) is 0 Å². The molecule has 2 heterocycles. The van der Waals surface area contributed by atoms with Crippen molar-refractivity contribution in [2.24, 2.45) is 5.92 Å². The third-order valence-electron chi connectivity index (χ3n) is 5.43. The van der Waals surface area contributed by atoms with Gasteiger partial charge in [-0.25, -0.2) is 9.59 Å². The number of para-hydroxylation sites is 1. The quantitative estimate of drug-likeness (QED) is 0.770. The van der Waals surface area contributed by atoms with Gasteiger partial charge in [0.2, 0.25) is 0 Å². The predicted molar refractivity (Wildman–Crippen MR) is 94.8 cm³/mol. The lowest BCUT2D eigenvalue weighted by Gasteiger charge is -2.43. The van der Waals surface area contributed by atoms with Gasteiger partial charge in [0.1, 0.15) is 11.4 Å².